The van der Waals surface area contributed by atoms with Gasteiger partial charge >= 0.3 is 5.69 Å². The Morgan fingerprint density at radius 2 is 1.74 bits per heavy atom. The summed E-state index contributed by atoms with van der Waals surface area (Å²) in [5.74, 6) is -0.812. The van der Waals surface area contributed by atoms with Crippen molar-refractivity contribution in [3.05, 3.63) is 109 Å². The zero-order valence-corrected chi connectivity index (χ0v) is 26.7. The van der Waals surface area contributed by atoms with E-state index in [9.17, 15) is 19.2 Å². The van der Waals surface area contributed by atoms with Gasteiger partial charge in [-0.2, -0.15) is 0 Å². The number of aldehydes is 1. The zero-order chi connectivity index (χ0) is 32.3. The number of nitrogens with zero attached hydrogens (tertiary/aromatic N) is 3. The fraction of sp³-hybridized carbons (Fsp3) is 0.312. The molecule has 9 nitrogen and oxygen atoms in total. The second-order valence-electron chi connectivity index (χ2n) is 9.62. The van der Waals surface area contributed by atoms with E-state index in [1.165, 1.54) is 4.57 Å². The van der Waals surface area contributed by atoms with E-state index in [1.807, 2.05) is 51.1 Å². The SMILES string of the molecule is CC.CN(C)Cc1ccc2c(=O)n(C3=CC=CC(CC(C=O)NC(=O)c4c(Cl)cccc4Cl)C=C3)c(=O)n(C)c2c1.CO. The van der Waals surface area contributed by atoms with Gasteiger partial charge in [0.15, 0.2) is 0 Å². The maximum atomic E-state index is 13.4. The predicted octanol–water partition coefficient (Wildman–Crippen LogP) is 4.67. The van der Waals surface area contributed by atoms with Crippen LogP contribution in [0, 0.1) is 5.92 Å². The molecule has 0 saturated carbocycles. The number of aryl methyl sites for hydroxylation is 1. The van der Waals surface area contributed by atoms with Gasteiger partial charge in [0.05, 0.1) is 38.3 Å². The second-order valence-corrected chi connectivity index (χ2v) is 10.4. The molecular weight excluding hydrogens is 591 g/mol. The maximum absolute atomic E-state index is 13.4. The van der Waals surface area contributed by atoms with Crippen molar-refractivity contribution >= 4 is 52.0 Å². The van der Waals surface area contributed by atoms with Gasteiger partial charge in [-0.1, -0.05) is 67.4 Å². The lowest BCUT2D eigenvalue weighted by molar-refractivity contribution is -0.109. The van der Waals surface area contributed by atoms with Gasteiger partial charge in [0.25, 0.3) is 11.5 Å². The third kappa shape index (κ3) is 8.64. The summed E-state index contributed by atoms with van der Waals surface area (Å²) < 4.78 is 2.60. The Hall–Kier alpha value is -3.76. The molecule has 1 heterocycles. The monoisotopic (exact) mass is 628 g/mol. The standard InChI is InChI=1S/C29H28Cl2N4O4.C2H6.CH4O/c1-33(2)16-19-11-13-22-25(15-19)34(3)29(39)35(28(22)38)21-7-4-6-18(10-12-21)14-20(17-36)32-27(37)26-23(30)8-5-9-24(26)31;2*1-2/h4-13,15,17-18,20H,14,16H2,1-3H3,(H,32,37);1-2H3;2H,1H3. The molecule has 2 atom stereocenters. The molecule has 1 aromatic heterocycles. The molecule has 230 valence electrons. The van der Waals surface area contributed by atoms with Gasteiger partial charge in [0, 0.05) is 20.7 Å². The van der Waals surface area contributed by atoms with Crippen LogP contribution in [-0.4, -0.2) is 58.6 Å². The summed E-state index contributed by atoms with van der Waals surface area (Å²) in [6.07, 6.45) is 9.60. The number of aliphatic hydroxyl groups excluding tert-OH is 1. The highest BCUT2D eigenvalue weighted by atomic mass is 35.5. The molecule has 1 aliphatic carbocycles. The summed E-state index contributed by atoms with van der Waals surface area (Å²) in [6, 6.07) is 9.39. The van der Waals surface area contributed by atoms with Crippen molar-refractivity contribution in [2.45, 2.75) is 32.9 Å². The van der Waals surface area contributed by atoms with Crippen molar-refractivity contribution in [1.82, 2.24) is 19.4 Å². The van der Waals surface area contributed by atoms with E-state index in [4.69, 9.17) is 28.3 Å². The van der Waals surface area contributed by atoms with Gasteiger partial charge in [-0.25, -0.2) is 9.36 Å². The third-order valence-corrected chi connectivity index (χ3v) is 7.06. The molecule has 0 bridgehead atoms. The normalized spacial score (nSPS) is 14.6. The molecule has 1 aliphatic rings. The number of allylic oxidation sites excluding steroid dienone is 6. The maximum Gasteiger partial charge on any atom is 0.335 e. The van der Waals surface area contributed by atoms with Crippen LogP contribution in [0.4, 0.5) is 0 Å². The molecule has 11 heteroatoms. The molecule has 1 amide bonds. The van der Waals surface area contributed by atoms with E-state index in [0.29, 0.717) is 29.4 Å². The number of amides is 1. The van der Waals surface area contributed by atoms with Gasteiger partial charge in [-0.3, -0.25) is 14.2 Å². The summed E-state index contributed by atoms with van der Waals surface area (Å²) in [5.41, 5.74) is 1.17. The highest BCUT2D eigenvalue weighted by molar-refractivity contribution is 6.39. The lowest BCUT2D eigenvalue weighted by Crippen LogP contribution is -2.38. The molecule has 2 aromatic carbocycles. The number of aliphatic hydroxyl groups is 1. The van der Waals surface area contributed by atoms with Gasteiger partial charge < -0.3 is 20.1 Å². The second kappa shape index (κ2) is 16.8. The number of carbonyl (C=O) groups excluding carboxylic acids is 2. The third-order valence-electron chi connectivity index (χ3n) is 6.43. The van der Waals surface area contributed by atoms with Crippen LogP contribution >= 0.6 is 23.2 Å². The molecular formula is C32H38Cl2N4O5. The fourth-order valence-electron chi connectivity index (χ4n) is 4.53. The zero-order valence-electron chi connectivity index (χ0n) is 25.2. The van der Waals surface area contributed by atoms with Gasteiger partial charge in [0.2, 0.25) is 0 Å². The fourth-order valence-corrected chi connectivity index (χ4v) is 5.10. The number of aromatic nitrogens is 2. The summed E-state index contributed by atoms with van der Waals surface area (Å²) in [7, 11) is 6.54. The Morgan fingerprint density at radius 1 is 1.09 bits per heavy atom. The molecule has 43 heavy (non-hydrogen) atoms. The van der Waals surface area contributed by atoms with E-state index in [0.717, 1.165) is 17.2 Å². The van der Waals surface area contributed by atoms with Crippen molar-refractivity contribution in [3.63, 3.8) is 0 Å². The molecule has 0 fully saturated rings. The average molecular weight is 630 g/mol. The van der Waals surface area contributed by atoms with Crippen LogP contribution in [0.2, 0.25) is 10.0 Å². The molecule has 2 N–H and O–H groups in total. The van der Waals surface area contributed by atoms with Gasteiger partial charge in [0.1, 0.15) is 6.29 Å². The lowest BCUT2D eigenvalue weighted by Gasteiger charge is -2.17. The number of hydrogen-bond acceptors (Lipinski definition) is 6. The van der Waals surface area contributed by atoms with E-state index >= 15 is 0 Å². The Balaban J connectivity index is 0.00000155. The minimum absolute atomic E-state index is 0.101. The molecule has 4 rings (SSSR count). The van der Waals surface area contributed by atoms with E-state index in [-0.39, 0.29) is 27.9 Å². The summed E-state index contributed by atoms with van der Waals surface area (Å²) in [5, 5.41) is 10.5. The van der Waals surface area contributed by atoms with Crippen molar-refractivity contribution in [2.75, 3.05) is 21.2 Å². The van der Waals surface area contributed by atoms with Crippen LogP contribution in [0.25, 0.3) is 16.6 Å². The van der Waals surface area contributed by atoms with E-state index in [2.05, 4.69) is 5.32 Å². The van der Waals surface area contributed by atoms with Crippen LogP contribution in [0.3, 0.4) is 0 Å². The first-order valence-corrected chi connectivity index (χ1v) is 14.5. The Bertz CT molecular complexity index is 1630. The van der Waals surface area contributed by atoms with E-state index < -0.39 is 23.2 Å². The number of nitrogens with one attached hydrogen (secondary N) is 1. The first-order chi connectivity index (χ1) is 20.6. The smallest absolute Gasteiger partial charge is 0.335 e. The van der Waals surface area contributed by atoms with Crippen LogP contribution in [0.15, 0.2) is 76.4 Å². The number of halogens is 2. The van der Waals surface area contributed by atoms with Crippen LogP contribution < -0.4 is 16.6 Å². The first kappa shape index (κ1) is 35.4. The van der Waals surface area contributed by atoms with Gasteiger partial charge in [-0.15, -0.1) is 0 Å². The minimum Gasteiger partial charge on any atom is -0.400 e. The average Bonchev–Trinajstić information content (AvgIpc) is 3.22. The van der Waals surface area contributed by atoms with Crippen LogP contribution in [0.5, 0.6) is 0 Å². The van der Waals surface area contributed by atoms with Gasteiger partial charge in [-0.05, 0) is 68.4 Å². The molecule has 0 radical (unpaired) electrons. The van der Waals surface area contributed by atoms with Crippen molar-refractivity contribution in [3.8, 4) is 0 Å². The Kier molecular flexibility index (Phi) is 13.8. The molecule has 2 unspecified atom stereocenters. The quantitative estimate of drug-likeness (QED) is 0.350. The number of fused-ring (bicyclic) bond motifs is 1. The van der Waals surface area contributed by atoms with Crippen LogP contribution in [0.1, 0.15) is 36.2 Å². The summed E-state index contributed by atoms with van der Waals surface area (Å²) >= 11 is 12.2. The van der Waals surface area contributed by atoms with Crippen LogP contribution in [-0.2, 0) is 18.4 Å². The van der Waals surface area contributed by atoms with E-state index in [1.54, 1.807) is 55.6 Å². The van der Waals surface area contributed by atoms with Crippen molar-refractivity contribution < 1.29 is 14.7 Å². The topological polar surface area (TPSA) is 114 Å². The van der Waals surface area contributed by atoms with Crippen molar-refractivity contribution in [1.29, 1.82) is 0 Å². The number of rotatable bonds is 8. The number of hydrogen-bond donors (Lipinski definition) is 2. The Labute approximate surface area is 261 Å². The minimum atomic E-state index is -0.821. The predicted molar refractivity (Wildman–Crippen MR) is 175 cm³/mol. The highest BCUT2D eigenvalue weighted by Gasteiger charge is 2.21. The summed E-state index contributed by atoms with van der Waals surface area (Å²) in [4.78, 5) is 53.2. The lowest BCUT2D eigenvalue weighted by atomic mass is 9.99. The van der Waals surface area contributed by atoms with Crippen molar-refractivity contribution in [2.24, 2.45) is 13.0 Å². The molecule has 3 aromatic rings. The molecule has 0 spiro atoms. The highest BCUT2D eigenvalue weighted by Crippen LogP contribution is 2.25. The Morgan fingerprint density at radius 3 is 2.35 bits per heavy atom. The largest absolute Gasteiger partial charge is 0.400 e. The summed E-state index contributed by atoms with van der Waals surface area (Å²) in [6.45, 7) is 4.68. The molecule has 0 aliphatic heterocycles. The number of benzene rings is 2. The first-order valence-electron chi connectivity index (χ1n) is 13.7. The molecule has 0 saturated heterocycles. The number of carbonyl (C=O) groups is 2.